The maximum Gasteiger partial charge on any atom is 0.261 e. The van der Waals surface area contributed by atoms with Gasteiger partial charge in [-0.15, -0.1) is 0 Å². The number of rotatable bonds is 5. The number of nitrogens with zero attached hydrogens (tertiary/aromatic N) is 1. The van der Waals surface area contributed by atoms with Gasteiger partial charge < -0.3 is 0 Å². The fraction of sp³-hybridized carbons (Fsp3) is 0.545. The van der Waals surface area contributed by atoms with Gasteiger partial charge in [0.1, 0.15) is 0 Å². The fourth-order valence-corrected chi connectivity index (χ4v) is 2.99. The minimum absolute atomic E-state index is 0.140. The molecule has 1 rings (SSSR count). The molecular formula is C11H17FN2O2S. The summed E-state index contributed by atoms with van der Waals surface area (Å²) in [4.78, 5) is 3.57. The highest BCUT2D eigenvalue weighted by atomic mass is 32.2. The van der Waals surface area contributed by atoms with Crippen LogP contribution in [0, 0.1) is 11.7 Å². The van der Waals surface area contributed by atoms with E-state index in [4.69, 9.17) is 0 Å². The third-order valence-corrected chi connectivity index (χ3v) is 3.95. The highest BCUT2D eigenvalue weighted by Crippen LogP contribution is 2.14. The van der Waals surface area contributed by atoms with E-state index >= 15 is 0 Å². The lowest BCUT2D eigenvalue weighted by molar-refractivity contribution is 0.434. The summed E-state index contributed by atoms with van der Waals surface area (Å²) in [6.45, 7) is 5.69. The molecule has 1 heterocycles. The van der Waals surface area contributed by atoms with Gasteiger partial charge in [-0.05, 0) is 24.5 Å². The summed E-state index contributed by atoms with van der Waals surface area (Å²) >= 11 is 0. The van der Waals surface area contributed by atoms with E-state index < -0.39 is 20.9 Å². The van der Waals surface area contributed by atoms with E-state index in [1.54, 1.807) is 0 Å². The molecule has 0 aliphatic carbocycles. The second-order valence-corrected chi connectivity index (χ2v) is 5.80. The Morgan fingerprint density at radius 1 is 1.47 bits per heavy atom. The van der Waals surface area contributed by atoms with Crippen LogP contribution in [0.15, 0.2) is 23.4 Å². The number of pyridine rings is 1. The molecule has 0 bridgehead atoms. The second kappa shape index (κ2) is 5.55. The highest BCUT2D eigenvalue weighted by molar-refractivity contribution is 7.89. The lowest BCUT2D eigenvalue weighted by atomic mass is 10.0. The molecule has 1 unspecified atom stereocenters. The van der Waals surface area contributed by atoms with Gasteiger partial charge in [0.15, 0.2) is 5.82 Å². The molecule has 1 N–H and O–H groups in total. The summed E-state index contributed by atoms with van der Waals surface area (Å²) < 4.78 is 39.7. The Bertz CT molecular complexity index is 474. The largest absolute Gasteiger partial charge is 0.261 e. The number of halogens is 1. The zero-order chi connectivity index (χ0) is 13.1. The zero-order valence-corrected chi connectivity index (χ0v) is 11.0. The minimum Gasteiger partial charge on any atom is -0.241 e. The number of nitrogens with one attached hydrogen (secondary N) is 1. The molecule has 6 heteroatoms. The lowest BCUT2D eigenvalue weighted by Gasteiger charge is -2.20. The molecule has 1 aromatic heterocycles. The molecule has 1 atom stereocenters. The van der Waals surface area contributed by atoms with Crippen LogP contribution in [0.2, 0.25) is 0 Å². The van der Waals surface area contributed by atoms with Crippen LogP contribution < -0.4 is 4.72 Å². The molecule has 1 aromatic rings. The second-order valence-electron chi connectivity index (χ2n) is 4.17. The lowest BCUT2D eigenvalue weighted by Crippen LogP contribution is -2.38. The van der Waals surface area contributed by atoms with Crippen LogP contribution in [-0.4, -0.2) is 19.4 Å². The van der Waals surface area contributed by atoms with E-state index in [2.05, 4.69) is 9.71 Å². The Hall–Kier alpha value is -1.01. The van der Waals surface area contributed by atoms with E-state index in [9.17, 15) is 12.8 Å². The monoisotopic (exact) mass is 260 g/mol. The Morgan fingerprint density at radius 3 is 2.59 bits per heavy atom. The van der Waals surface area contributed by atoms with Gasteiger partial charge in [-0.1, -0.05) is 20.8 Å². The molecule has 0 radical (unpaired) electrons. The van der Waals surface area contributed by atoms with Crippen molar-refractivity contribution in [2.45, 2.75) is 38.3 Å². The summed E-state index contributed by atoms with van der Waals surface area (Å²) in [5, 5.41) is -0.542. The molecule has 0 saturated carbocycles. The molecule has 0 spiro atoms. The molecule has 96 valence electrons. The van der Waals surface area contributed by atoms with E-state index in [1.807, 2.05) is 20.8 Å². The van der Waals surface area contributed by atoms with Crippen molar-refractivity contribution in [3.05, 3.63) is 24.1 Å². The van der Waals surface area contributed by atoms with Gasteiger partial charge in [0, 0.05) is 12.2 Å². The number of hydrogen-bond acceptors (Lipinski definition) is 3. The van der Waals surface area contributed by atoms with Gasteiger partial charge >= 0.3 is 0 Å². The molecular weight excluding hydrogens is 243 g/mol. The van der Waals surface area contributed by atoms with Gasteiger partial charge in [0.2, 0.25) is 5.03 Å². The molecule has 0 aliphatic heterocycles. The molecule has 0 aromatic carbocycles. The van der Waals surface area contributed by atoms with Crippen molar-refractivity contribution in [1.29, 1.82) is 0 Å². The first-order valence-electron chi connectivity index (χ1n) is 5.51. The third kappa shape index (κ3) is 3.47. The average Bonchev–Trinajstić information content (AvgIpc) is 2.26. The Balaban J connectivity index is 3.01. The van der Waals surface area contributed by atoms with Crippen molar-refractivity contribution >= 4 is 10.0 Å². The van der Waals surface area contributed by atoms with E-state index in [-0.39, 0.29) is 12.0 Å². The van der Waals surface area contributed by atoms with E-state index in [0.29, 0.717) is 6.42 Å². The van der Waals surface area contributed by atoms with Gasteiger partial charge in [0.25, 0.3) is 10.0 Å². The first kappa shape index (κ1) is 14.1. The zero-order valence-electron chi connectivity index (χ0n) is 10.1. The van der Waals surface area contributed by atoms with Crippen molar-refractivity contribution < 1.29 is 12.8 Å². The first-order valence-corrected chi connectivity index (χ1v) is 6.99. The molecule has 4 nitrogen and oxygen atoms in total. The van der Waals surface area contributed by atoms with Gasteiger partial charge in [-0.3, -0.25) is 0 Å². The fourth-order valence-electron chi connectivity index (χ4n) is 1.51. The van der Waals surface area contributed by atoms with Crippen molar-refractivity contribution in [2.75, 3.05) is 0 Å². The Kier molecular flexibility index (Phi) is 4.59. The summed E-state index contributed by atoms with van der Waals surface area (Å²) in [5.41, 5.74) is 0. The van der Waals surface area contributed by atoms with Crippen LogP contribution in [0.4, 0.5) is 4.39 Å². The minimum atomic E-state index is -3.88. The predicted molar refractivity (Wildman–Crippen MR) is 63.4 cm³/mol. The average molecular weight is 260 g/mol. The molecule has 17 heavy (non-hydrogen) atoms. The third-order valence-electron chi connectivity index (χ3n) is 2.53. The van der Waals surface area contributed by atoms with Gasteiger partial charge in [0.05, 0.1) is 0 Å². The smallest absolute Gasteiger partial charge is 0.241 e. The van der Waals surface area contributed by atoms with Crippen LogP contribution in [-0.2, 0) is 10.0 Å². The normalized spacial score (nSPS) is 13.9. The molecule has 0 amide bonds. The summed E-state index contributed by atoms with van der Waals surface area (Å²) in [6, 6.07) is 2.22. The van der Waals surface area contributed by atoms with Crippen molar-refractivity contribution in [2.24, 2.45) is 5.92 Å². The van der Waals surface area contributed by atoms with Crippen LogP contribution in [0.3, 0.4) is 0 Å². The van der Waals surface area contributed by atoms with Crippen molar-refractivity contribution in [3.8, 4) is 0 Å². The summed E-state index contributed by atoms with van der Waals surface area (Å²) in [5.74, 6) is -0.694. The number of aromatic nitrogens is 1. The maximum atomic E-state index is 13.4. The SMILES string of the molecule is CCC(NS(=O)(=O)c1ncccc1F)C(C)C. The maximum absolute atomic E-state index is 13.4. The van der Waals surface area contributed by atoms with Crippen LogP contribution >= 0.6 is 0 Å². The Morgan fingerprint density at radius 2 is 2.12 bits per heavy atom. The van der Waals surface area contributed by atoms with Crippen molar-refractivity contribution in [3.63, 3.8) is 0 Å². The molecule has 0 fully saturated rings. The molecule has 0 saturated heterocycles. The van der Waals surface area contributed by atoms with Crippen LogP contribution in [0.5, 0.6) is 0 Å². The van der Waals surface area contributed by atoms with Gasteiger partial charge in [-0.25, -0.2) is 22.5 Å². The highest BCUT2D eigenvalue weighted by Gasteiger charge is 2.24. The number of sulfonamides is 1. The Labute approximate surface area is 101 Å². The predicted octanol–water partition coefficient (Wildman–Crippen LogP) is 1.93. The topological polar surface area (TPSA) is 59.1 Å². The summed E-state index contributed by atoms with van der Waals surface area (Å²) in [6.07, 6.45) is 1.90. The van der Waals surface area contributed by atoms with Crippen molar-refractivity contribution in [1.82, 2.24) is 9.71 Å². The molecule has 0 aliphatic rings. The number of hydrogen-bond donors (Lipinski definition) is 1. The van der Waals surface area contributed by atoms with Gasteiger partial charge in [-0.2, -0.15) is 0 Å². The van der Waals surface area contributed by atoms with Crippen LogP contribution in [0.1, 0.15) is 27.2 Å². The van der Waals surface area contributed by atoms with E-state index in [1.165, 1.54) is 12.3 Å². The van der Waals surface area contributed by atoms with E-state index in [0.717, 1.165) is 6.07 Å². The van der Waals surface area contributed by atoms with Crippen LogP contribution in [0.25, 0.3) is 0 Å². The first-order chi connectivity index (χ1) is 7.88. The quantitative estimate of drug-likeness (QED) is 0.880. The summed E-state index contributed by atoms with van der Waals surface area (Å²) in [7, 11) is -3.88. The standard InChI is InChI=1S/C11H17FN2O2S/c1-4-10(8(2)3)14-17(15,16)11-9(12)6-5-7-13-11/h5-8,10,14H,4H2,1-3H3.